The Bertz CT molecular complexity index is 519. The molecule has 0 aliphatic rings. The van der Waals surface area contributed by atoms with Gasteiger partial charge in [0.25, 0.3) is 0 Å². The molecule has 3 nitrogen and oxygen atoms in total. The second-order valence-corrected chi connectivity index (χ2v) is 4.99. The second kappa shape index (κ2) is 6.21. The quantitative estimate of drug-likeness (QED) is 0.814. The second-order valence-electron chi connectivity index (χ2n) is 4.56. The normalized spacial score (nSPS) is 11.3. The number of benzene rings is 1. The zero-order valence-corrected chi connectivity index (χ0v) is 11.6. The molecule has 1 heterocycles. The Balaban J connectivity index is 2.35. The van der Waals surface area contributed by atoms with Crippen LogP contribution in [0.15, 0.2) is 18.2 Å². The molecule has 98 valence electrons. The number of rotatable bonds is 6. The summed E-state index contributed by atoms with van der Waals surface area (Å²) < 4.78 is 2.29. The van der Waals surface area contributed by atoms with Gasteiger partial charge in [0.1, 0.15) is 5.82 Å². The van der Waals surface area contributed by atoms with Gasteiger partial charge in [-0.05, 0) is 44.0 Å². The summed E-state index contributed by atoms with van der Waals surface area (Å²) in [4.78, 5) is 4.71. The fourth-order valence-electron chi connectivity index (χ4n) is 2.24. The first-order valence-corrected chi connectivity index (χ1v) is 6.98. The number of unbranched alkanes of at least 4 members (excludes halogenated alkanes) is 1. The number of hydrogen-bond donors (Lipinski definition) is 1. The van der Waals surface area contributed by atoms with Crippen LogP contribution in [0.1, 0.15) is 32.0 Å². The lowest BCUT2D eigenvalue weighted by Gasteiger charge is -2.07. The monoisotopic (exact) mass is 265 g/mol. The largest absolute Gasteiger partial charge is 0.330 e. The molecule has 0 bridgehead atoms. The molecule has 0 aliphatic heterocycles. The number of aromatic nitrogens is 2. The molecule has 0 aliphatic carbocycles. The summed E-state index contributed by atoms with van der Waals surface area (Å²) in [7, 11) is 0. The molecular weight excluding hydrogens is 246 g/mol. The fourth-order valence-corrected chi connectivity index (χ4v) is 2.40. The highest BCUT2D eigenvalue weighted by atomic mass is 35.5. The van der Waals surface area contributed by atoms with E-state index in [0.29, 0.717) is 0 Å². The van der Waals surface area contributed by atoms with Crippen LogP contribution in [0.3, 0.4) is 0 Å². The molecule has 2 aromatic rings. The third kappa shape index (κ3) is 2.85. The first-order chi connectivity index (χ1) is 8.76. The molecule has 0 spiro atoms. The summed E-state index contributed by atoms with van der Waals surface area (Å²) in [6.07, 6.45) is 4.23. The number of fused-ring (bicyclic) bond motifs is 1. The Kier molecular flexibility index (Phi) is 4.61. The van der Waals surface area contributed by atoms with Crippen molar-refractivity contribution in [2.24, 2.45) is 5.73 Å². The maximum absolute atomic E-state index is 6.07. The van der Waals surface area contributed by atoms with E-state index >= 15 is 0 Å². The number of halogens is 1. The van der Waals surface area contributed by atoms with E-state index in [-0.39, 0.29) is 0 Å². The third-order valence-electron chi connectivity index (χ3n) is 3.09. The van der Waals surface area contributed by atoms with E-state index in [1.165, 1.54) is 0 Å². The number of nitrogens with two attached hydrogens (primary N) is 1. The van der Waals surface area contributed by atoms with Gasteiger partial charge in [-0.1, -0.05) is 18.5 Å². The summed E-state index contributed by atoms with van der Waals surface area (Å²) in [6, 6.07) is 5.90. The van der Waals surface area contributed by atoms with Crippen LogP contribution < -0.4 is 5.73 Å². The van der Waals surface area contributed by atoms with Crippen LogP contribution in [0, 0.1) is 0 Å². The minimum absolute atomic E-state index is 0.750. The summed E-state index contributed by atoms with van der Waals surface area (Å²) in [5.41, 5.74) is 7.72. The number of hydrogen-bond acceptors (Lipinski definition) is 2. The molecule has 0 amide bonds. The van der Waals surface area contributed by atoms with Gasteiger partial charge in [0.05, 0.1) is 11.0 Å². The van der Waals surface area contributed by atoms with E-state index in [2.05, 4.69) is 11.5 Å². The smallest absolute Gasteiger partial charge is 0.109 e. The maximum atomic E-state index is 6.07. The lowest BCUT2D eigenvalue weighted by molar-refractivity contribution is 0.627. The van der Waals surface area contributed by atoms with Gasteiger partial charge >= 0.3 is 0 Å². The highest BCUT2D eigenvalue weighted by Gasteiger charge is 2.10. The molecule has 0 atom stereocenters. The average molecular weight is 266 g/mol. The molecular formula is C14H20ClN3. The highest BCUT2D eigenvalue weighted by molar-refractivity contribution is 6.31. The first-order valence-electron chi connectivity index (χ1n) is 6.61. The SMILES string of the molecule is CCCn1c(CCCCN)nc2ccc(Cl)cc21. The first kappa shape index (κ1) is 13.4. The van der Waals surface area contributed by atoms with E-state index < -0.39 is 0 Å². The van der Waals surface area contributed by atoms with E-state index in [4.69, 9.17) is 22.3 Å². The molecule has 0 saturated carbocycles. The summed E-state index contributed by atoms with van der Waals surface area (Å²) in [6.45, 7) is 3.93. The molecule has 0 unspecified atom stereocenters. The predicted octanol–water partition coefficient (Wildman–Crippen LogP) is 3.38. The van der Waals surface area contributed by atoms with Crippen LogP contribution in [-0.4, -0.2) is 16.1 Å². The van der Waals surface area contributed by atoms with Gasteiger partial charge in [-0.2, -0.15) is 0 Å². The van der Waals surface area contributed by atoms with Gasteiger partial charge in [0.2, 0.25) is 0 Å². The number of nitrogens with zero attached hydrogens (tertiary/aromatic N) is 2. The van der Waals surface area contributed by atoms with Gasteiger partial charge in [-0.3, -0.25) is 0 Å². The van der Waals surface area contributed by atoms with E-state index in [9.17, 15) is 0 Å². The zero-order chi connectivity index (χ0) is 13.0. The maximum Gasteiger partial charge on any atom is 0.109 e. The number of imidazole rings is 1. The summed E-state index contributed by atoms with van der Waals surface area (Å²) in [5.74, 6) is 1.16. The van der Waals surface area contributed by atoms with Crippen molar-refractivity contribution in [3.63, 3.8) is 0 Å². The molecule has 4 heteroatoms. The molecule has 2 N–H and O–H groups in total. The van der Waals surface area contributed by atoms with Gasteiger partial charge in [-0.25, -0.2) is 4.98 Å². The third-order valence-corrected chi connectivity index (χ3v) is 3.33. The Labute approximate surface area is 113 Å². The standard InChI is InChI=1S/C14H20ClN3/c1-2-9-18-13-10-11(15)6-7-12(13)17-14(18)5-3-4-8-16/h6-7,10H,2-5,8-9,16H2,1H3. The Morgan fingerprint density at radius 1 is 1.33 bits per heavy atom. The Hall–Kier alpha value is -1.06. The van der Waals surface area contributed by atoms with Crippen LogP contribution in [0.4, 0.5) is 0 Å². The Morgan fingerprint density at radius 3 is 2.89 bits per heavy atom. The molecule has 0 radical (unpaired) electrons. The van der Waals surface area contributed by atoms with Gasteiger partial charge in [0.15, 0.2) is 0 Å². The average Bonchev–Trinajstić information content (AvgIpc) is 2.68. The van der Waals surface area contributed by atoms with Crippen molar-refractivity contribution in [2.45, 2.75) is 39.2 Å². The van der Waals surface area contributed by atoms with Crippen molar-refractivity contribution in [3.8, 4) is 0 Å². The molecule has 1 aromatic heterocycles. The van der Waals surface area contributed by atoms with Gasteiger partial charge < -0.3 is 10.3 Å². The fraction of sp³-hybridized carbons (Fsp3) is 0.500. The lowest BCUT2D eigenvalue weighted by Crippen LogP contribution is -2.05. The van der Waals surface area contributed by atoms with Gasteiger partial charge in [0, 0.05) is 18.0 Å². The van der Waals surface area contributed by atoms with E-state index in [0.717, 1.165) is 60.7 Å². The molecule has 2 rings (SSSR count). The van der Waals surface area contributed by atoms with Crippen molar-refractivity contribution >= 4 is 22.6 Å². The van der Waals surface area contributed by atoms with Crippen LogP contribution in [-0.2, 0) is 13.0 Å². The van der Waals surface area contributed by atoms with Crippen LogP contribution in [0.2, 0.25) is 5.02 Å². The topological polar surface area (TPSA) is 43.8 Å². The number of aryl methyl sites for hydroxylation is 2. The van der Waals surface area contributed by atoms with Crippen molar-refractivity contribution in [1.29, 1.82) is 0 Å². The zero-order valence-electron chi connectivity index (χ0n) is 10.8. The minimum Gasteiger partial charge on any atom is -0.330 e. The van der Waals surface area contributed by atoms with Crippen molar-refractivity contribution in [3.05, 3.63) is 29.0 Å². The molecule has 0 saturated heterocycles. The van der Waals surface area contributed by atoms with Crippen LogP contribution in [0.25, 0.3) is 11.0 Å². The minimum atomic E-state index is 0.750. The summed E-state index contributed by atoms with van der Waals surface area (Å²) in [5, 5.41) is 0.772. The van der Waals surface area contributed by atoms with Crippen molar-refractivity contribution < 1.29 is 0 Å². The van der Waals surface area contributed by atoms with Crippen LogP contribution >= 0.6 is 11.6 Å². The van der Waals surface area contributed by atoms with Crippen molar-refractivity contribution in [1.82, 2.24) is 9.55 Å². The molecule has 18 heavy (non-hydrogen) atoms. The van der Waals surface area contributed by atoms with Gasteiger partial charge in [-0.15, -0.1) is 0 Å². The highest BCUT2D eigenvalue weighted by Crippen LogP contribution is 2.22. The summed E-state index contributed by atoms with van der Waals surface area (Å²) >= 11 is 6.07. The van der Waals surface area contributed by atoms with E-state index in [1.54, 1.807) is 0 Å². The lowest BCUT2D eigenvalue weighted by atomic mass is 10.2. The predicted molar refractivity (Wildman–Crippen MR) is 77.0 cm³/mol. The Morgan fingerprint density at radius 2 is 2.17 bits per heavy atom. The molecule has 1 aromatic carbocycles. The molecule has 0 fully saturated rings. The van der Waals surface area contributed by atoms with Crippen molar-refractivity contribution in [2.75, 3.05) is 6.54 Å². The van der Waals surface area contributed by atoms with Crippen LogP contribution in [0.5, 0.6) is 0 Å². The van der Waals surface area contributed by atoms with E-state index in [1.807, 2.05) is 18.2 Å².